The zero-order chi connectivity index (χ0) is 15.7. The van der Waals surface area contributed by atoms with Gasteiger partial charge in [0.25, 0.3) is 5.91 Å². The van der Waals surface area contributed by atoms with Crippen LogP contribution in [0.5, 0.6) is 5.75 Å². The number of hydrogen-bond acceptors (Lipinski definition) is 4. The van der Waals surface area contributed by atoms with Crippen LogP contribution in [-0.2, 0) is 4.74 Å². The van der Waals surface area contributed by atoms with E-state index in [1.54, 1.807) is 6.92 Å². The van der Waals surface area contributed by atoms with Crippen LogP contribution in [0.2, 0.25) is 0 Å². The molecule has 2 rings (SSSR count). The molecule has 1 aliphatic heterocycles. The lowest BCUT2D eigenvalue weighted by molar-refractivity contribution is -0.0301. The number of hydrogen-bond donors (Lipinski definition) is 2. The minimum absolute atomic E-state index is 0.107. The third-order valence-electron chi connectivity index (χ3n) is 3.33. The first-order chi connectivity index (χ1) is 9.82. The highest BCUT2D eigenvalue weighted by molar-refractivity contribution is 5.95. The lowest BCUT2D eigenvalue weighted by Crippen LogP contribution is -2.51. The van der Waals surface area contributed by atoms with Crippen LogP contribution < -0.4 is 5.73 Å². The van der Waals surface area contributed by atoms with Gasteiger partial charge in [0.15, 0.2) is 17.4 Å². The van der Waals surface area contributed by atoms with E-state index in [0.29, 0.717) is 6.07 Å². The van der Waals surface area contributed by atoms with Crippen LogP contribution in [0, 0.1) is 17.5 Å². The van der Waals surface area contributed by atoms with Crippen molar-refractivity contribution in [3.05, 3.63) is 29.1 Å². The highest BCUT2D eigenvalue weighted by Crippen LogP contribution is 2.27. The number of phenolic OH excluding ortho intramolecular Hbond substituents is 1. The second kappa shape index (κ2) is 5.90. The van der Waals surface area contributed by atoms with Crippen LogP contribution in [0.15, 0.2) is 6.07 Å². The van der Waals surface area contributed by atoms with E-state index in [9.17, 15) is 18.0 Å². The summed E-state index contributed by atoms with van der Waals surface area (Å²) in [6.45, 7) is 2.18. The van der Waals surface area contributed by atoms with Crippen molar-refractivity contribution in [3.63, 3.8) is 0 Å². The number of nitrogens with two attached hydrogens (primary N) is 1. The molecule has 5 nitrogen and oxygen atoms in total. The number of carbonyl (C=O) groups excluding carboxylic acids is 1. The molecular formula is C13H15F3N2O3. The van der Waals surface area contributed by atoms with Gasteiger partial charge >= 0.3 is 0 Å². The highest BCUT2D eigenvalue weighted by Gasteiger charge is 2.30. The number of benzene rings is 1. The lowest BCUT2D eigenvalue weighted by Gasteiger charge is -2.34. The van der Waals surface area contributed by atoms with Gasteiger partial charge in [-0.1, -0.05) is 0 Å². The summed E-state index contributed by atoms with van der Waals surface area (Å²) >= 11 is 0. The van der Waals surface area contributed by atoms with Gasteiger partial charge in [0.2, 0.25) is 5.82 Å². The summed E-state index contributed by atoms with van der Waals surface area (Å²) in [7, 11) is 0. The molecule has 116 valence electrons. The molecule has 3 N–H and O–H groups in total. The first-order valence-corrected chi connectivity index (χ1v) is 6.35. The Morgan fingerprint density at radius 1 is 1.48 bits per heavy atom. The van der Waals surface area contributed by atoms with Gasteiger partial charge in [-0.15, -0.1) is 0 Å². The topological polar surface area (TPSA) is 75.8 Å². The Balaban J connectivity index is 2.28. The third kappa shape index (κ3) is 2.96. The molecule has 0 bridgehead atoms. The van der Waals surface area contributed by atoms with Crippen LogP contribution in [0.1, 0.15) is 17.3 Å². The molecule has 0 aliphatic carbocycles. The Kier molecular flexibility index (Phi) is 4.38. The second-order valence-electron chi connectivity index (χ2n) is 4.90. The molecular weight excluding hydrogens is 289 g/mol. The van der Waals surface area contributed by atoms with E-state index in [4.69, 9.17) is 15.6 Å². The van der Waals surface area contributed by atoms with Gasteiger partial charge in [0.1, 0.15) is 0 Å². The van der Waals surface area contributed by atoms with Crippen molar-refractivity contribution in [2.24, 2.45) is 5.73 Å². The van der Waals surface area contributed by atoms with Crippen molar-refractivity contribution in [3.8, 4) is 5.75 Å². The summed E-state index contributed by atoms with van der Waals surface area (Å²) in [4.78, 5) is 13.4. The molecule has 1 aliphatic rings. The van der Waals surface area contributed by atoms with Gasteiger partial charge in [0.05, 0.1) is 18.3 Å². The molecule has 21 heavy (non-hydrogen) atoms. The smallest absolute Gasteiger partial charge is 0.257 e. The first kappa shape index (κ1) is 15.6. The van der Waals surface area contributed by atoms with Gasteiger partial charge in [-0.25, -0.2) is 8.78 Å². The summed E-state index contributed by atoms with van der Waals surface area (Å²) in [5, 5.41) is 9.15. The maximum absolute atomic E-state index is 13.7. The van der Waals surface area contributed by atoms with Gasteiger partial charge in [0, 0.05) is 19.1 Å². The maximum atomic E-state index is 13.7. The number of carbonyl (C=O) groups is 1. The van der Waals surface area contributed by atoms with E-state index < -0.39 is 40.8 Å². The Labute approximate surface area is 119 Å². The fourth-order valence-corrected chi connectivity index (χ4v) is 2.09. The van der Waals surface area contributed by atoms with Crippen molar-refractivity contribution in [2.75, 3.05) is 19.7 Å². The van der Waals surface area contributed by atoms with Crippen molar-refractivity contribution in [2.45, 2.75) is 19.1 Å². The summed E-state index contributed by atoms with van der Waals surface area (Å²) in [6, 6.07) is 0.0899. The van der Waals surface area contributed by atoms with Gasteiger partial charge < -0.3 is 20.5 Å². The zero-order valence-electron chi connectivity index (χ0n) is 11.3. The molecule has 1 amide bonds. The normalized spacial score (nSPS) is 20.4. The summed E-state index contributed by atoms with van der Waals surface area (Å²) in [5.41, 5.74) is 4.95. The Hall–Kier alpha value is -1.80. The molecule has 1 aromatic carbocycles. The molecule has 2 atom stereocenters. The third-order valence-corrected chi connectivity index (χ3v) is 3.33. The average molecular weight is 304 g/mol. The van der Waals surface area contributed by atoms with Crippen molar-refractivity contribution < 1.29 is 27.8 Å². The van der Waals surface area contributed by atoms with Crippen LogP contribution in [-0.4, -0.2) is 47.8 Å². The fraction of sp³-hybridized carbons (Fsp3) is 0.462. The lowest BCUT2D eigenvalue weighted by atomic mass is 10.1. The second-order valence-corrected chi connectivity index (χ2v) is 4.90. The number of amides is 1. The predicted octanol–water partition coefficient (Wildman–Crippen LogP) is 0.998. The monoisotopic (exact) mass is 304 g/mol. The number of morpholine rings is 1. The molecule has 1 heterocycles. The summed E-state index contributed by atoms with van der Waals surface area (Å²) in [5.74, 6) is -7.05. The number of rotatable bonds is 2. The Morgan fingerprint density at radius 2 is 2.14 bits per heavy atom. The number of nitrogens with zero attached hydrogens (tertiary/aromatic N) is 1. The molecule has 1 aromatic rings. The molecule has 8 heteroatoms. The Bertz CT molecular complexity index is 566. The minimum atomic E-state index is -1.72. The highest BCUT2D eigenvalue weighted by atomic mass is 19.2. The predicted molar refractivity (Wildman–Crippen MR) is 67.3 cm³/mol. The Morgan fingerprint density at radius 3 is 2.76 bits per heavy atom. The van der Waals surface area contributed by atoms with E-state index in [1.165, 1.54) is 4.90 Å². The van der Waals surface area contributed by atoms with Crippen molar-refractivity contribution >= 4 is 5.91 Å². The molecule has 2 unspecified atom stereocenters. The maximum Gasteiger partial charge on any atom is 0.257 e. The average Bonchev–Trinajstić information content (AvgIpc) is 2.48. The van der Waals surface area contributed by atoms with Crippen LogP contribution in [0.25, 0.3) is 0 Å². The van der Waals surface area contributed by atoms with Gasteiger partial charge in [-0.05, 0) is 13.0 Å². The zero-order valence-corrected chi connectivity index (χ0v) is 11.3. The van der Waals surface area contributed by atoms with E-state index in [1.807, 2.05) is 0 Å². The number of aromatic hydroxyl groups is 1. The van der Waals surface area contributed by atoms with E-state index in [2.05, 4.69) is 0 Å². The molecule has 0 aromatic heterocycles. The summed E-state index contributed by atoms with van der Waals surface area (Å²) in [6.07, 6.45) is -0.426. The van der Waals surface area contributed by atoms with Gasteiger partial charge in [-0.2, -0.15) is 4.39 Å². The van der Waals surface area contributed by atoms with E-state index in [0.717, 1.165) is 0 Å². The number of halogens is 3. The largest absolute Gasteiger partial charge is 0.503 e. The standard InChI is InChI=1S/C13H15F3N2O3/c1-6(17)9-5-18(2-3-21-9)13(20)7-4-8(14)11(16)12(19)10(7)15/h4,6,9,19H,2-3,5,17H2,1H3. The molecule has 0 spiro atoms. The molecule has 0 saturated carbocycles. The van der Waals surface area contributed by atoms with Crippen LogP contribution >= 0.6 is 0 Å². The van der Waals surface area contributed by atoms with Crippen LogP contribution in [0.4, 0.5) is 13.2 Å². The SMILES string of the molecule is CC(N)C1CN(C(=O)c2cc(F)c(F)c(O)c2F)CCO1. The summed E-state index contributed by atoms with van der Waals surface area (Å²) < 4.78 is 45.4. The molecule has 0 radical (unpaired) electrons. The first-order valence-electron chi connectivity index (χ1n) is 6.35. The van der Waals surface area contributed by atoms with E-state index >= 15 is 0 Å². The van der Waals surface area contributed by atoms with Crippen LogP contribution in [0.3, 0.4) is 0 Å². The minimum Gasteiger partial charge on any atom is -0.503 e. The van der Waals surface area contributed by atoms with E-state index in [-0.39, 0.29) is 25.7 Å². The molecule has 1 saturated heterocycles. The van der Waals surface area contributed by atoms with Crippen molar-refractivity contribution in [1.29, 1.82) is 0 Å². The quantitative estimate of drug-likeness (QED) is 0.799. The van der Waals surface area contributed by atoms with Crippen molar-refractivity contribution in [1.82, 2.24) is 4.90 Å². The molecule has 1 fully saturated rings. The fourth-order valence-electron chi connectivity index (χ4n) is 2.09. The number of ether oxygens (including phenoxy) is 1. The van der Waals surface area contributed by atoms with Gasteiger partial charge in [-0.3, -0.25) is 4.79 Å². The number of phenols is 1.